The molecule has 1 aromatic carbocycles. The Morgan fingerprint density at radius 2 is 2.08 bits per heavy atom. The van der Waals surface area contributed by atoms with Gasteiger partial charge in [-0.15, -0.1) is 0 Å². The Labute approximate surface area is 140 Å². The van der Waals surface area contributed by atoms with Crippen molar-refractivity contribution in [3.63, 3.8) is 0 Å². The highest BCUT2D eigenvalue weighted by atomic mass is 16.5. The monoisotopic (exact) mass is 325 g/mol. The van der Waals surface area contributed by atoms with Gasteiger partial charge in [0.25, 0.3) is 0 Å². The molecule has 6 heteroatoms. The van der Waals surface area contributed by atoms with Crippen molar-refractivity contribution in [2.24, 2.45) is 5.92 Å². The second kappa shape index (κ2) is 7.12. The first-order valence-electron chi connectivity index (χ1n) is 7.79. The molecule has 0 bridgehead atoms. The van der Waals surface area contributed by atoms with Gasteiger partial charge in [0, 0.05) is 25.7 Å². The summed E-state index contributed by atoms with van der Waals surface area (Å²) in [6, 6.07) is 13.2. The summed E-state index contributed by atoms with van der Waals surface area (Å²) in [6.45, 7) is 0.946. The summed E-state index contributed by atoms with van der Waals surface area (Å²) in [5.74, 6) is -0.204. The third kappa shape index (κ3) is 3.53. The van der Waals surface area contributed by atoms with E-state index in [1.807, 2.05) is 30.3 Å². The van der Waals surface area contributed by atoms with E-state index < -0.39 is 0 Å². The summed E-state index contributed by atoms with van der Waals surface area (Å²) in [7, 11) is 1.50. The van der Waals surface area contributed by atoms with Crippen molar-refractivity contribution < 1.29 is 14.3 Å². The van der Waals surface area contributed by atoms with Crippen LogP contribution < -0.4 is 10.1 Å². The Morgan fingerprint density at radius 3 is 2.83 bits per heavy atom. The predicted octanol–water partition coefficient (Wildman–Crippen LogP) is 2.08. The number of benzene rings is 1. The zero-order valence-electron chi connectivity index (χ0n) is 13.4. The molecule has 6 nitrogen and oxygen atoms in total. The summed E-state index contributed by atoms with van der Waals surface area (Å²) < 4.78 is 5.13. The molecule has 1 saturated heterocycles. The number of pyridine rings is 1. The van der Waals surface area contributed by atoms with Crippen LogP contribution in [0.1, 0.15) is 12.0 Å². The molecule has 0 aliphatic carbocycles. The number of carbonyl (C=O) groups excluding carboxylic acids is 2. The van der Waals surface area contributed by atoms with Crippen LogP contribution in [0.4, 0.5) is 5.69 Å². The van der Waals surface area contributed by atoms with Crippen LogP contribution in [0.2, 0.25) is 0 Å². The van der Waals surface area contributed by atoms with E-state index in [-0.39, 0.29) is 24.2 Å². The second-order valence-corrected chi connectivity index (χ2v) is 5.71. The van der Waals surface area contributed by atoms with Crippen LogP contribution in [0.15, 0.2) is 48.7 Å². The number of nitrogens with one attached hydrogen (secondary N) is 1. The average molecular weight is 325 g/mol. The van der Waals surface area contributed by atoms with E-state index in [9.17, 15) is 9.59 Å². The number of methoxy groups -OCH3 is 1. The smallest absolute Gasteiger partial charge is 0.237 e. The lowest BCUT2D eigenvalue weighted by Gasteiger charge is -2.17. The van der Waals surface area contributed by atoms with Crippen LogP contribution in [0.25, 0.3) is 0 Å². The minimum absolute atomic E-state index is 0.00263. The summed E-state index contributed by atoms with van der Waals surface area (Å²) in [4.78, 5) is 30.4. The lowest BCUT2D eigenvalue weighted by molar-refractivity contribution is -0.128. The van der Waals surface area contributed by atoms with Crippen LogP contribution in [-0.4, -0.2) is 35.4 Å². The third-order valence-corrected chi connectivity index (χ3v) is 4.02. The van der Waals surface area contributed by atoms with Crippen molar-refractivity contribution in [3.05, 3.63) is 54.2 Å². The highest BCUT2D eigenvalue weighted by molar-refractivity contribution is 5.97. The number of amides is 2. The maximum Gasteiger partial charge on any atom is 0.237 e. The summed E-state index contributed by atoms with van der Waals surface area (Å²) >= 11 is 0. The minimum atomic E-state index is -0.369. The number of carbonyl (C=O) groups is 2. The standard InChI is InChI=1S/C18H19N3O3/c1-24-18-15(8-5-9-19-18)20-17(23)14-10-16(22)21(12-14)11-13-6-3-2-4-7-13/h2-9,14H,10-12H2,1H3,(H,20,23)/t14-/m1/s1. The van der Waals surface area contributed by atoms with Crippen molar-refractivity contribution in [2.75, 3.05) is 19.0 Å². The molecule has 1 aromatic heterocycles. The normalized spacial score (nSPS) is 17.0. The van der Waals surface area contributed by atoms with Gasteiger partial charge in [-0.3, -0.25) is 9.59 Å². The van der Waals surface area contributed by atoms with E-state index in [0.717, 1.165) is 5.56 Å². The Morgan fingerprint density at radius 1 is 1.29 bits per heavy atom. The molecule has 1 aliphatic heterocycles. The van der Waals surface area contributed by atoms with E-state index in [0.29, 0.717) is 24.7 Å². The van der Waals surface area contributed by atoms with Crippen LogP contribution in [0, 0.1) is 5.92 Å². The minimum Gasteiger partial charge on any atom is -0.480 e. The Bertz CT molecular complexity index is 733. The van der Waals surface area contributed by atoms with Crippen LogP contribution in [-0.2, 0) is 16.1 Å². The first-order chi connectivity index (χ1) is 11.7. The highest BCUT2D eigenvalue weighted by Gasteiger charge is 2.34. The molecule has 0 unspecified atom stereocenters. The lowest BCUT2D eigenvalue weighted by Crippen LogP contribution is -2.28. The molecule has 0 spiro atoms. The Balaban J connectivity index is 1.63. The second-order valence-electron chi connectivity index (χ2n) is 5.71. The number of aromatic nitrogens is 1. The molecule has 24 heavy (non-hydrogen) atoms. The molecule has 1 N–H and O–H groups in total. The summed E-state index contributed by atoms with van der Waals surface area (Å²) in [5, 5.41) is 2.80. The molecule has 1 aliphatic rings. The highest BCUT2D eigenvalue weighted by Crippen LogP contribution is 2.24. The molecular weight excluding hydrogens is 306 g/mol. The first-order valence-corrected chi connectivity index (χ1v) is 7.79. The van der Waals surface area contributed by atoms with Gasteiger partial charge in [-0.1, -0.05) is 30.3 Å². The van der Waals surface area contributed by atoms with Crippen molar-refractivity contribution in [3.8, 4) is 5.88 Å². The fourth-order valence-electron chi connectivity index (χ4n) is 2.79. The molecule has 2 amide bonds. The first kappa shape index (κ1) is 16.0. The quantitative estimate of drug-likeness (QED) is 0.913. The maximum atomic E-state index is 12.5. The Hall–Kier alpha value is -2.89. The number of nitrogens with zero attached hydrogens (tertiary/aromatic N) is 2. The fraction of sp³-hybridized carbons (Fsp3) is 0.278. The molecule has 2 aromatic rings. The van der Waals surface area contributed by atoms with Crippen LogP contribution >= 0.6 is 0 Å². The van der Waals surface area contributed by atoms with E-state index in [1.54, 1.807) is 23.2 Å². The molecule has 2 heterocycles. The average Bonchev–Trinajstić information content (AvgIpc) is 2.97. The molecule has 3 rings (SSSR count). The van der Waals surface area contributed by atoms with Crippen LogP contribution in [0.5, 0.6) is 5.88 Å². The topological polar surface area (TPSA) is 71.5 Å². The zero-order chi connectivity index (χ0) is 16.9. The third-order valence-electron chi connectivity index (χ3n) is 4.02. The molecule has 1 fully saturated rings. The largest absolute Gasteiger partial charge is 0.480 e. The van der Waals surface area contributed by atoms with Crippen molar-refractivity contribution >= 4 is 17.5 Å². The summed E-state index contributed by atoms with van der Waals surface area (Å²) in [5.41, 5.74) is 1.57. The molecule has 1 atom stereocenters. The number of hydrogen-bond donors (Lipinski definition) is 1. The number of hydrogen-bond acceptors (Lipinski definition) is 4. The van der Waals surface area contributed by atoms with Gasteiger partial charge in [0.05, 0.1) is 13.0 Å². The van der Waals surface area contributed by atoms with Crippen molar-refractivity contribution in [1.29, 1.82) is 0 Å². The van der Waals surface area contributed by atoms with Gasteiger partial charge in [-0.05, 0) is 17.7 Å². The van der Waals surface area contributed by atoms with E-state index in [2.05, 4.69) is 10.3 Å². The number of ether oxygens (including phenoxy) is 1. The zero-order valence-corrected chi connectivity index (χ0v) is 13.4. The van der Waals surface area contributed by atoms with Gasteiger partial charge < -0.3 is 15.0 Å². The molecule has 0 radical (unpaired) electrons. The predicted molar refractivity (Wildman–Crippen MR) is 89.4 cm³/mol. The summed E-state index contributed by atoms with van der Waals surface area (Å²) in [6.07, 6.45) is 1.82. The van der Waals surface area contributed by atoms with Gasteiger partial charge in [-0.25, -0.2) is 4.98 Å². The number of anilines is 1. The molecular formula is C18H19N3O3. The Kier molecular flexibility index (Phi) is 4.74. The van der Waals surface area contributed by atoms with E-state index >= 15 is 0 Å². The van der Waals surface area contributed by atoms with Crippen molar-refractivity contribution in [1.82, 2.24) is 9.88 Å². The number of likely N-dealkylation sites (tertiary alicyclic amines) is 1. The molecule has 124 valence electrons. The van der Waals surface area contributed by atoms with Crippen molar-refractivity contribution in [2.45, 2.75) is 13.0 Å². The van der Waals surface area contributed by atoms with Gasteiger partial charge in [0.1, 0.15) is 5.69 Å². The van der Waals surface area contributed by atoms with E-state index in [4.69, 9.17) is 4.74 Å². The van der Waals surface area contributed by atoms with Crippen LogP contribution in [0.3, 0.4) is 0 Å². The fourth-order valence-corrected chi connectivity index (χ4v) is 2.79. The number of rotatable bonds is 5. The van der Waals surface area contributed by atoms with Gasteiger partial charge in [0.2, 0.25) is 17.7 Å². The maximum absolute atomic E-state index is 12.5. The van der Waals surface area contributed by atoms with Gasteiger partial charge in [0.15, 0.2) is 0 Å². The molecule has 0 saturated carbocycles. The van der Waals surface area contributed by atoms with E-state index in [1.165, 1.54) is 7.11 Å². The SMILES string of the molecule is COc1ncccc1NC(=O)[C@@H]1CC(=O)N(Cc2ccccc2)C1. The van der Waals surface area contributed by atoms with Gasteiger partial charge in [-0.2, -0.15) is 0 Å². The van der Waals surface area contributed by atoms with Gasteiger partial charge >= 0.3 is 0 Å². The lowest BCUT2D eigenvalue weighted by atomic mass is 10.1.